The lowest BCUT2D eigenvalue weighted by Gasteiger charge is -2.31. The molecule has 0 aromatic rings. The average Bonchev–Trinajstić information content (AvgIpc) is 2.28. The Kier molecular flexibility index (Phi) is 5.96. The monoisotopic (exact) mass is 240 g/mol. The number of nitrogens with one attached hydrogen (secondary N) is 2. The summed E-state index contributed by atoms with van der Waals surface area (Å²) in [7, 11) is 0. The highest BCUT2D eigenvalue weighted by molar-refractivity contribution is 5.76. The third kappa shape index (κ3) is 4.66. The van der Waals surface area contributed by atoms with Gasteiger partial charge in [-0.15, -0.1) is 0 Å². The molecule has 100 valence electrons. The zero-order valence-electron chi connectivity index (χ0n) is 11.8. The van der Waals surface area contributed by atoms with E-state index in [9.17, 15) is 4.79 Å². The first-order chi connectivity index (χ1) is 8.04. The molecule has 1 heterocycles. The van der Waals surface area contributed by atoms with Crippen LogP contribution in [0.3, 0.4) is 0 Å². The number of rotatable bonds is 5. The number of carbonyl (C=O) groups excluding carboxylic acids is 1. The molecule has 1 aliphatic rings. The Morgan fingerprint density at radius 1 is 1.47 bits per heavy atom. The highest BCUT2D eigenvalue weighted by Gasteiger charge is 2.24. The van der Waals surface area contributed by atoms with Gasteiger partial charge in [-0.25, -0.2) is 0 Å². The topological polar surface area (TPSA) is 41.1 Å². The van der Waals surface area contributed by atoms with E-state index in [-0.39, 0.29) is 5.91 Å². The van der Waals surface area contributed by atoms with E-state index in [1.54, 1.807) is 0 Å². The third-order valence-corrected chi connectivity index (χ3v) is 4.09. The first kappa shape index (κ1) is 14.5. The molecule has 0 aliphatic carbocycles. The van der Waals surface area contributed by atoms with Crippen LogP contribution >= 0.6 is 0 Å². The van der Waals surface area contributed by atoms with Crippen molar-refractivity contribution in [1.29, 1.82) is 0 Å². The van der Waals surface area contributed by atoms with Gasteiger partial charge in [0.1, 0.15) is 0 Å². The molecule has 0 bridgehead atoms. The van der Waals surface area contributed by atoms with E-state index in [4.69, 9.17) is 0 Å². The molecule has 3 heteroatoms. The van der Waals surface area contributed by atoms with Gasteiger partial charge in [-0.1, -0.05) is 34.1 Å². The largest absolute Gasteiger partial charge is 0.352 e. The lowest BCUT2D eigenvalue weighted by Crippen LogP contribution is -2.50. The summed E-state index contributed by atoms with van der Waals surface area (Å²) in [5.41, 5.74) is 0. The highest BCUT2D eigenvalue weighted by atomic mass is 16.1. The van der Waals surface area contributed by atoms with Crippen LogP contribution in [0.2, 0.25) is 0 Å². The normalized spacial score (nSPS) is 26.9. The number of carbonyl (C=O) groups is 1. The summed E-state index contributed by atoms with van der Waals surface area (Å²) >= 11 is 0. The van der Waals surface area contributed by atoms with Gasteiger partial charge in [0.2, 0.25) is 5.91 Å². The zero-order chi connectivity index (χ0) is 12.8. The molecule has 17 heavy (non-hydrogen) atoms. The molecule has 0 aromatic carbocycles. The second-order valence-electron chi connectivity index (χ2n) is 5.76. The van der Waals surface area contributed by atoms with E-state index in [1.165, 1.54) is 0 Å². The predicted molar refractivity (Wildman–Crippen MR) is 71.8 cm³/mol. The molecule has 1 rings (SSSR count). The fourth-order valence-electron chi connectivity index (χ4n) is 2.54. The summed E-state index contributed by atoms with van der Waals surface area (Å²) in [6.45, 7) is 10.8. The van der Waals surface area contributed by atoms with Gasteiger partial charge < -0.3 is 10.6 Å². The van der Waals surface area contributed by atoms with Gasteiger partial charge in [0, 0.05) is 19.0 Å². The smallest absolute Gasteiger partial charge is 0.220 e. The van der Waals surface area contributed by atoms with E-state index >= 15 is 0 Å². The van der Waals surface area contributed by atoms with Crippen LogP contribution in [0.25, 0.3) is 0 Å². The van der Waals surface area contributed by atoms with Crippen LogP contribution < -0.4 is 10.6 Å². The van der Waals surface area contributed by atoms with Gasteiger partial charge >= 0.3 is 0 Å². The van der Waals surface area contributed by atoms with Crippen LogP contribution in [-0.4, -0.2) is 25.0 Å². The molecule has 3 nitrogen and oxygen atoms in total. The van der Waals surface area contributed by atoms with Crippen molar-refractivity contribution in [3.63, 3.8) is 0 Å². The molecule has 1 amide bonds. The van der Waals surface area contributed by atoms with E-state index in [1.807, 2.05) is 0 Å². The van der Waals surface area contributed by atoms with Crippen molar-refractivity contribution >= 4 is 5.91 Å². The molecule has 1 saturated heterocycles. The van der Waals surface area contributed by atoms with Crippen LogP contribution in [0, 0.1) is 17.8 Å². The summed E-state index contributed by atoms with van der Waals surface area (Å²) < 4.78 is 0. The second kappa shape index (κ2) is 7.00. The molecule has 1 fully saturated rings. The van der Waals surface area contributed by atoms with E-state index in [0.717, 1.165) is 25.9 Å². The predicted octanol–water partition coefficient (Wildman–Crippen LogP) is 2.17. The Labute approximate surface area is 106 Å². The first-order valence-corrected chi connectivity index (χ1v) is 7.04. The lowest BCUT2D eigenvalue weighted by molar-refractivity contribution is -0.123. The van der Waals surface area contributed by atoms with Gasteiger partial charge in [-0.2, -0.15) is 0 Å². The number of piperidine rings is 1. The van der Waals surface area contributed by atoms with Crippen molar-refractivity contribution in [2.75, 3.05) is 13.1 Å². The summed E-state index contributed by atoms with van der Waals surface area (Å²) in [4.78, 5) is 12.0. The quantitative estimate of drug-likeness (QED) is 0.773. The number of hydrogen-bond acceptors (Lipinski definition) is 2. The summed E-state index contributed by atoms with van der Waals surface area (Å²) in [5.74, 6) is 1.93. The molecular weight excluding hydrogens is 212 g/mol. The van der Waals surface area contributed by atoms with Crippen molar-refractivity contribution < 1.29 is 4.79 Å². The van der Waals surface area contributed by atoms with Gasteiger partial charge in [0.05, 0.1) is 0 Å². The molecule has 0 aromatic heterocycles. The second-order valence-corrected chi connectivity index (χ2v) is 5.76. The molecule has 0 radical (unpaired) electrons. The summed E-state index contributed by atoms with van der Waals surface area (Å²) in [5, 5.41) is 6.53. The van der Waals surface area contributed by atoms with Crippen molar-refractivity contribution in [1.82, 2.24) is 10.6 Å². The third-order valence-electron chi connectivity index (χ3n) is 4.09. The minimum atomic E-state index is 0.228. The summed E-state index contributed by atoms with van der Waals surface area (Å²) in [6, 6.07) is 0.320. The Hall–Kier alpha value is -0.570. The first-order valence-electron chi connectivity index (χ1n) is 7.04. The van der Waals surface area contributed by atoms with E-state index < -0.39 is 0 Å². The summed E-state index contributed by atoms with van der Waals surface area (Å²) in [6.07, 6.45) is 2.92. The number of hydrogen-bond donors (Lipinski definition) is 2. The fourth-order valence-corrected chi connectivity index (χ4v) is 2.54. The van der Waals surface area contributed by atoms with Gasteiger partial charge in [-0.3, -0.25) is 4.79 Å². The Morgan fingerprint density at radius 3 is 2.71 bits per heavy atom. The van der Waals surface area contributed by atoms with E-state index in [0.29, 0.717) is 30.2 Å². The maximum absolute atomic E-state index is 12.0. The molecule has 3 unspecified atom stereocenters. The van der Waals surface area contributed by atoms with Gasteiger partial charge in [0.15, 0.2) is 0 Å². The maximum atomic E-state index is 12.0. The minimum Gasteiger partial charge on any atom is -0.352 e. The Bertz CT molecular complexity index is 240. The Morgan fingerprint density at radius 2 is 2.18 bits per heavy atom. The molecule has 3 atom stereocenters. The lowest BCUT2D eigenvalue weighted by atomic mass is 9.89. The van der Waals surface area contributed by atoms with Crippen molar-refractivity contribution in [2.24, 2.45) is 17.8 Å². The van der Waals surface area contributed by atoms with E-state index in [2.05, 4.69) is 38.3 Å². The van der Waals surface area contributed by atoms with Crippen LogP contribution in [0.15, 0.2) is 0 Å². The van der Waals surface area contributed by atoms with Crippen molar-refractivity contribution in [3.8, 4) is 0 Å². The molecular formula is C14H28N2O. The van der Waals surface area contributed by atoms with Crippen LogP contribution in [0.1, 0.15) is 47.0 Å². The number of amides is 1. The fraction of sp³-hybridized carbons (Fsp3) is 0.929. The molecule has 1 aliphatic heterocycles. The van der Waals surface area contributed by atoms with Gasteiger partial charge in [0.25, 0.3) is 0 Å². The minimum absolute atomic E-state index is 0.228. The molecule has 0 spiro atoms. The maximum Gasteiger partial charge on any atom is 0.220 e. The Balaban J connectivity index is 2.37. The van der Waals surface area contributed by atoms with Gasteiger partial charge in [-0.05, 0) is 30.7 Å². The van der Waals surface area contributed by atoms with Crippen LogP contribution in [0.4, 0.5) is 0 Å². The zero-order valence-corrected chi connectivity index (χ0v) is 11.8. The van der Waals surface area contributed by atoms with Crippen molar-refractivity contribution in [3.05, 3.63) is 0 Å². The molecule has 2 N–H and O–H groups in total. The average molecular weight is 240 g/mol. The standard InChI is InChI=1S/C14H28N2O/c1-5-12(10(2)3)8-14(17)16-13-9-15-7-6-11(13)4/h10-13,15H,5-9H2,1-4H3,(H,16,17). The van der Waals surface area contributed by atoms with Crippen molar-refractivity contribution in [2.45, 2.75) is 53.0 Å². The SMILES string of the molecule is CCC(CC(=O)NC1CNCCC1C)C(C)C. The van der Waals surface area contributed by atoms with Crippen LogP contribution in [-0.2, 0) is 4.79 Å². The molecule has 0 saturated carbocycles. The highest BCUT2D eigenvalue weighted by Crippen LogP contribution is 2.19. The van der Waals surface area contributed by atoms with Crippen LogP contribution in [0.5, 0.6) is 0 Å².